The second-order valence-corrected chi connectivity index (χ2v) is 7.26. The van der Waals surface area contributed by atoms with Crippen molar-refractivity contribution in [1.82, 2.24) is 16.0 Å². The van der Waals surface area contributed by atoms with E-state index in [1.807, 2.05) is 0 Å². The number of aromatic hydroxyl groups is 1. The summed E-state index contributed by atoms with van der Waals surface area (Å²) in [5.41, 5.74) is 6.18. The van der Waals surface area contributed by atoms with Crippen LogP contribution in [0.15, 0.2) is 24.3 Å². The second-order valence-electron chi connectivity index (χ2n) is 7.26. The highest BCUT2D eigenvalue weighted by Crippen LogP contribution is 2.13. The van der Waals surface area contributed by atoms with E-state index in [1.165, 1.54) is 12.1 Å². The Morgan fingerprint density at radius 2 is 1.86 bits per heavy atom. The first kappa shape index (κ1) is 22.6. The van der Waals surface area contributed by atoms with Crippen LogP contribution in [0, 0.1) is 0 Å². The third kappa shape index (κ3) is 7.35. The summed E-state index contributed by atoms with van der Waals surface area (Å²) in [6.45, 7) is 1.20. The molecular weight excluding hydrogens is 376 g/mol. The minimum atomic E-state index is -1.12. The lowest BCUT2D eigenvalue weighted by molar-refractivity contribution is -0.142. The maximum Gasteiger partial charge on any atom is 0.326 e. The summed E-state index contributed by atoms with van der Waals surface area (Å²) in [5.74, 6) is -1.86. The van der Waals surface area contributed by atoms with Crippen LogP contribution in [0.1, 0.15) is 37.7 Å². The topological polar surface area (TPSA) is 154 Å². The minimum Gasteiger partial charge on any atom is -0.508 e. The molecule has 0 aliphatic carbocycles. The molecule has 2 amide bonds. The van der Waals surface area contributed by atoms with Gasteiger partial charge in [0.1, 0.15) is 17.8 Å². The molecule has 7 N–H and O–H groups in total. The van der Waals surface area contributed by atoms with Crippen molar-refractivity contribution in [2.24, 2.45) is 5.73 Å². The number of rotatable bonds is 11. The monoisotopic (exact) mass is 406 g/mol. The number of carboxylic acids is 1. The Labute approximate surface area is 170 Å². The third-order valence-electron chi connectivity index (χ3n) is 4.95. The van der Waals surface area contributed by atoms with Gasteiger partial charge in [0, 0.05) is 6.42 Å². The number of benzene rings is 1. The van der Waals surface area contributed by atoms with Crippen LogP contribution in [0.4, 0.5) is 0 Å². The number of unbranched alkanes of at least 4 members (excludes halogenated alkanes) is 1. The first-order valence-corrected chi connectivity index (χ1v) is 9.95. The summed E-state index contributed by atoms with van der Waals surface area (Å²) in [5, 5.41) is 27.2. The zero-order valence-corrected chi connectivity index (χ0v) is 16.4. The minimum absolute atomic E-state index is 0.0970. The van der Waals surface area contributed by atoms with Gasteiger partial charge in [-0.05, 0) is 62.9 Å². The fourth-order valence-corrected chi connectivity index (χ4v) is 3.28. The number of carbonyl (C=O) groups excluding carboxylic acids is 2. The van der Waals surface area contributed by atoms with Gasteiger partial charge < -0.3 is 31.9 Å². The maximum absolute atomic E-state index is 12.8. The molecule has 1 fully saturated rings. The van der Waals surface area contributed by atoms with Gasteiger partial charge >= 0.3 is 5.97 Å². The van der Waals surface area contributed by atoms with Crippen molar-refractivity contribution in [3.05, 3.63) is 29.8 Å². The Bertz CT molecular complexity index is 689. The third-order valence-corrected chi connectivity index (χ3v) is 4.95. The number of hydrogen-bond donors (Lipinski definition) is 6. The molecule has 0 aromatic heterocycles. The molecule has 0 saturated carbocycles. The average Bonchev–Trinajstić information content (AvgIpc) is 3.23. The van der Waals surface area contributed by atoms with E-state index < -0.39 is 24.0 Å². The second kappa shape index (κ2) is 11.4. The van der Waals surface area contributed by atoms with Crippen LogP contribution >= 0.6 is 0 Å². The normalized spacial score (nSPS) is 18.0. The van der Waals surface area contributed by atoms with E-state index in [-0.39, 0.29) is 30.5 Å². The Kier molecular flexibility index (Phi) is 8.88. The number of carboxylic acid groups (broad SMARTS) is 1. The van der Waals surface area contributed by atoms with Crippen molar-refractivity contribution in [3.8, 4) is 5.75 Å². The van der Waals surface area contributed by atoms with E-state index in [0.29, 0.717) is 25.8 Å². The Balaban J connectivity index is 2.08. The van der Waals surface area contributed by atoms with Crippen LogP contribution in [-0.4, -0.2) is 59.2 Å². The van der Waals surface area contributed by atoms with Crippen LogP contribution in [-0.2, 0) is 20.8 Å². The molecule has 0 bridgehead atoms. The molecule has 0 spiro atoms. The lowest BCUT2D eigenvalue weighted by Crippen LogP contribution is -2.55. The molecule has 9 nitrogen and oxygen atoms in total. The Morgan fingerprint density at radius 1 is 1.14 bits per heavy atom. The van der Waals surface area contributed by atoms with Gasteiger partial charge in [0.2, 0.25) is 11.8 Å². The number of hydrogen-bond acceptors (Lipinski definition) is 6. The van der Waals surface area contributed by atoms with E-state index in [9.17, 15) is 24.6 Å². The highest BCUT2D eigenvalue weighted by molar-refractivity contribution is 5.92. The summed E-state index contributed by atoms with van der Waals surface area (Å²) in [6, 6.07) is 3.99. The first-order chi connectivity index (χ1) is 13.9. The fraction of sp³-hybridized carbons (Fsp3) is 0.550. The van der Waals surface area contributed by atoms with Gasteiger partial charge in [-0.15, -0.1) is 0 Å². The summed E-state index contributed by atoms with van der Waals surface area (Å²) < 4.78 is 0. The maximum atomic E-state index is 12.8. The zero-order chi connectivity index (χ0) is 21.2. The van der Waals surface area contributed by atoms with Crippen LogP contribution < -0.4 is 21.7 Å². The van der Waals surface area contributed by atoms with Crippen molar-refractivity contribution >= 4 is 17.8 Å². The number of phenolic OH excluding ortho intramolecular Hbond substituents is 1. The number of amides is 2. The summed E-state index contributed by atoms with van der Waals surface area (Å²) in [4.78, 5) is 36.8. The molecule has 1 saturated heterocycles. The van der Waals surface area contributed by atoms with Crippen LogP contribution in [0.5, 0.6) is 5.75 Å². The molecule has 2 rings (SSSR count). The van der Waals surface area contributed by atoms with Crippen molar-refractivity contribution < 1.29 is 24.6 Å². The quantitative estimate of drug-likeness (QED) is 0.280. The molecule has 0 unspecified atom stereocenters. The van der Waals surface area contributed by atoms with Gasteiger partial charge in [0.25, 0.3) is 0 Å². The van der Waals surface area contributed by atoms with Crippen LogP contribution in [0.3, 0.4) is 0 Å². The average molecular weight is 406 g/mol. The molecule has 1 aromatic carbocycles. The van der Waals surface area contributed by atoms with Crippen LogP contribution in [0.2, 0.25) is 0 Å². The number of carbonyl (C=O) groups is 3. The molecule has 1 aliphatic heterocycles. The Morgan fingerprint density at radius 3 is 2.45 bits per heavy atom. The smallest absolute Gasteiger partial charge is 0.326 e. The van der Waals surface area contributed by atoms with Crippen molar-refractivity contribution in [3.63, 3.8) is 0 Å². The van der Waals surface area contributed by atoms with Gasteiger partial charge in [-0.2, -0.15) is 0 Å². The van der Waals surface area contributed by atoms with E-state index in [2.05, 4.69) is 16.0 Å². The molecule has 9 heteroatoms. The number of aliphatic carboxylic acids is 1. The molecule has 1 heterocycles. The standard InChI is InChI=1S/C20H30N4O5/c21-10-2-1-4-16(20(28)29)23-19(27)17(12-13-6-8-14(25)9-7-13)24-18(26)15-5-3-11-22-15/h6-9,15-17,22,25H,1-5,10-12,21H2,(H,23,27)(H,24,26)(H,28,29)/t15-,16-,17-/m0/s1. The Hall–Kier alpha value is -2.65. The summed E-state index contributed by atoms with van der Waals surface area (Å²) in [7, 11) is 0. The summed E-state index contributed by atoms with van der Waals surface area (Å²) >= 11 is 0. The first-order valence-electron chi connectivity index (χ1n) is 9.95. The number of nitrogens with two attached hydrogens (primary N) is 1. The van der Waals surface area contributed by atoms with Crippen molar-refractivity contribution in [2.75, 3.05) is 13.1 Å². The predicted octanol–water partition coefficient (Wildman–Crippen LogP) is -0.130. The zero-order valence-electron chi connectivity index (χ0n) is 16.4. The largest absolute Gasteiger partial charge is 0.508 e. The predicted molar refractivity (Wildman–Crippen MR) is 107 cm³/mol. The van der Waals surface area contributed by atoms with Crippen molar-refractivity contribution in [1.29, 1.82) is 0 Å². The molecule has 3 atom stereocenters. The van der Waals surface area contributed by atoms with E-state index >= 15 is 0 Å². The lowest BCUT2D eigenvalue weighted by Gasteiger charge is -2.23. The van der Waals surface area contributed by atoms with Gasteiger partial charge in [-0.25, -0.2) is 4.79 Å². The highest BCUT2D eigenvalue weighted by atomic mass is 16.4. The van der Waals surface area contributed by atoms with Gasteiger partial charge in [-0.1, -0.05) is 12.1 Å². The molecule has 29 heavy (non-hydrogen) atoms. The molecule has 160 valence electrons. The van der Waals surface area contributed by atoms with Gasteiger partial charge in [0.05, 0.1) is 6.04 Å². The van der Waals surface area contributed by atoms with E-state index in [0.717, 1.165) is 18.5 Å². The van der Waals surface area contributed by atoms with Gasteiger partial charge in [-0.3, -0.25) is 9.59 Å². The lowest BCUT2D eigenvalue weighted by atomic mass is 10.0. The van der Waals surface area contributed by atoms with Crippen LogP contribution in [0.25, 0.3) is 0 Å². The SMILES string of the molecule is NCCCC[C@H](NC(=O)[C@H](Cc1ccc(O)cc1)NC(=O)[C@@H]1CCCN1)C(=O)O. The van der Waals surface area contributed by atoms with E-state index in [1.54, 1.807) is 12.1 Å². The summed E-state index contributed by atoms with van der Waals surface area (Å²) in [6.07, 6.45) is 3.27. The number of phenols is 1. The molecule has 0 radical (unpaired) electrons. The highest BCUT2D eigenvalue weighted by Gasteiger charge is 2.29. The molecular formula is C20H30N4O5. The number of nitrogens with one attached hydrogen (secondary N) is 3. The van der Waals surface area contributed by atoms with E-state index in [4.69, 9.17) is 5.73 Å². The molecule has 1 aromatic rings. The molecule has 1 aliphatic rings. The van der Waals surface area contributed by atoms with Crippen molar-refractivity contribution in [2.45, 2.75) is 56.7 Å². The fourth-order valence-electron chi connectivity index (χ4n) is 3.28. The van der Waals surface area contributed by atoms with Gasteiger partial charge in [0.15, 0.2) is 0 Å².